The number of rotatable bonds is 2. The molecule has 7 nitrogen and oxygen atoms in total. The van der Waals surface area contributed by atoms with Gasteiger partial charge in [0.15, 0.2) is 6.19 Å². The maximum atomic E-state index is 8.95. The molecule has 4 heterocycles. The number of nitriles is 1. The van der Waals surface area contributed by atoms with Crippen LogP contribution in [0.25, 0.3) is 16.6 Å². The zero-order chi connectivity index (χ0) is 15.8. The third kappa shape index (κ3) is 2.38. The summed E-state index contributed by atoms with van der Waals surface area (Å²) >= 11 is 0. The van der Waals surface area contributed by atoms with Crippen molar-refractivity contribution >= 4 is 11.2 Å². The molecule has 3 aromatic rings. The minimum atomic E-state index is 0.765. The highest BCUT2D eigenvalue weighted by Gasteiger charge is 2.19. The first-order valence-corrected chi connectivity index (χ1v) is 7.60. The Morgan fingerprint density at radius 1 is 1.00 bits per heavy atom. The Labute approximate surface area is 133 Å². The van der Waals surface area contributed by atoms with E-state index in [4.69, 9.17) is 5.26 Å². The number of piperazine rings is 1. The summed E-state index contributed by atoms with van der Waals surface area (Å²) in [5.74, 6) is 0. The van der Waals surface area contributed by atoms with Crippen LogP contribution >= 0.6 is 0 Å². The number of anilines is 1. The van der Waals surface area contributed by atoms with Crippen molar-refractivity contribution in [1.82, 2.24) is 24.3 Å². The number of hydrogen-bond acceptors (Lipinski definition) is 5. The second kappa shape index (κ2) is 5.32. The molecule has 0 amide bonds. The van der Waals surface area contributed by atoms with E-state index in [0.29, 0.717) is 0 Å². The predicted molar refractivity (Wildman–Crippen MR) is 86.8 cm³/mol. The van der Waals surface area contributed by atoms with Gasteiger partial charge in [-0.15, -0.1) is 0 Å². The van der Waals surface area contributed by atoms with Gasteiger partial charge in [0.1, 0.15) is 0 Å². The van der Waals surface area contributed by atoms with Crippen LogP contribution in [0.3, 0.4) is 0 Å². The van der Waals surface area contributed by atoms with E-state index >= 15 is 0 Å². The molecule has 1 fully saturated rings. The van der Waals surface area contributed by atoms with E-state index in [0.717, 1.165) is 48.5 Å². The standard InChI is InChI=1S/C16H17N7/c1-20-10-14(8-18-20)13-2-3-15-16(9-19-23(15)11-13)22-6-4-21(12-17)5-7-22/h2-3,8-11H,4-7H2,1H3. The first kappa shape index (κ1) is 13.6. The molecule has 116 valence electrons. The fourth-order valence-electron chi connectivity index (χ4n) is 3.00. The Morgan fingerprint density at radius 3 is 2.52 bits per heavy atom. The Bertz CT molecular complexity index is 877. The summed E-state index contributed by atoms with van der Waals surface area (Å²) in [6, 6.07) is 4.20. The number of pyridine rings is 1. The number of hydrogen-bond donors (Lipinski definition) is 0. The van der Waals surface area contributed by atoms with Gasteiger partial charge >= 0.3 is 0 Å². The van der Waals surface area contributed by atoms with E-state index < -0.39 is 0 Å². The van der Waals surface area contributed by atoms with Crippen LogP contribution in [-0.4, -0.2) is 50.5 Å². The Balaban J connectivity index is 1.64. The van der Waals surface area contributed by atoms with E-state index in [1.165, 1.54) is 0 Å². The molecule has 0 bridgehead atoms. The molecule has 0 saturated carbocycles. The zero-order valence-electron chi connectivity index (χ0n) is 12.9. The van der Waals surface area contributed by atoms with Crippen molar-refractivity contribution in [2.24, 2.45) is 7.05 Å². The van der Waals surface area contributed by atoms with Gasteiger partial charge in [0.2, 0.25) is 0 Å². The first-order valence-electron chi connectivity index (χ1n) is 7.60. The molecule has 0 atom stereocenters. The average molecular weight is 307 g/mol. The van der Waals surface area contributed by atoms with Crippen molar-refractivity contribution in [3.8, 4) is 17.3 Å². The van der Waals surface area contributed by atoms with Crippen LogP contribution < -0.4 is 4.90 Å². The maximum Gasteiger partial charge on any atom is 0.179 e. The molecule has 0 spiro atoms. The third-order valence-corrected chi connectivity index (χ3v) is 4.30. The molecule has 7 heteroatoms. The summed E-state index contributed by atoms with van der Waals surface area (Å²) in [6.45, 7) is 3.22. The highest BCUT2D eigenvalue weighted by Crippen LogP contribution is 2.26. The minimum Gasteiger partial charge on any atom is -0.365 e. The topological polar surface area (TPSA) is 65.4 Å². The fraction of sp³-hybridized carbons (Fsp3) is 0.312. The molecule has 0 aromatic carbocycles. The molecule has 0 radical (unpaired) electrons. The molecule has 1 aliphatic heterocycles. The summed E-state index contributed by atoms with van der Waals surface area (Å²) in [5, 5.41) is 17.7. The van der Waals surface area contributed by atoms with Crippen molar-refractivity contribution in [1.29, 1.82) is 5.26 Å². The molecule has 0 unspecified atom stereocenters. The van der Waals surface area contributed by atoms with Gasteiger partial charge in [-0.25, -0.2) is 4.52 Å². The number of fused-ring (bicyclic) bond motifs is 1. The molecular weight excluding hydrogens is 290 g/mol. The summed E-state index contributed by atoms with van der Waals surface area (Å²) in [5.41, 5.74) is 4.38. The first-order chi connectivity index (χ1) is 11.2. The van der Waals surface area contributed by atoms with Gasteiger partial charge in [0, 0.05) is 56.7 Å². The van der Waals surface area contributed by atoms with Crippen LogP contribution in [0.15, 0.2) is 36.9 Å². The molecular formula is C16H17N7. The van der Waals surface area contributed by atoms with Crippen LogP contribution in [0.4, 0.5) is 5.69 Å². The quantitative estimate of drug-likeness (QED) is 0.668. The second-order valence-electron chi connectivity index (χ2n) is 5.75. The van der Waals surface area contributed by atoms with E-state index in [-0.39, 0.29) is 0 Å². The largest absolute Gasteiger partial charge is 0.365 e. The minimum absolute atomic E-state index is 0.765. The molecule has 0 aliphatic carbocycles. The van der Waals surface area contributed by atoms with E-state index in [2.05, 4.69) is 33.4 Å². The third-order valence-electron chi connectivity index (χ3n) is 4.30. The fourth-order valence-corrected chi connectivity index (χ4v) is 3.00. The lowest BCUT2D eigenvalue weighted by Gasteiger charge is -2.32. The Hall–Kier alpha value is -3.01. The number of nitrogens with zero attached hydrogens (tertiary/aromatic N) is 7. The van der Waals surface area contributed by atoms with Crippen LogP contribution in [0.5, 0.6) is 0 Å². The Morgan fingerprint density at radius 2 is 1.83 bits per heavy atom. The molecule has 23 heavy (non-hydrogen) atoms. The number of aromatic nitrogens is 4. The predicted octanol–water partition coefficient (Wildman–Crippen LogP) is 1.34. The van der Waals surface area contributed by atoms with Crippen molar-refractivity contribution in [3.63, 3.8) is 0 Å². The summed E-state index contributed by atoms with van der Waals surface area (Å²) in [6.07, 6.45) is 10.00. The lowest BCUT2D eigenvalue weighted by atomic mass is 10.1. The van der Waals surface area contributed by atoms with Gasteiger partial charge in [-0.2, -0.15) is 15.5 Å². The lowest BCUT2D eigenvalue weighted by molar-refractivity contribution is 0.363. The van der Waals surface area contributed by atoms with Gasteiger partial charge in [-0.3, -0.25) is 4.68 Å². The molecule has 3 aromatic heterocycles. The SMILES string of the molecule is Cn1cc(-c2ccc3c(N4CCN(C#N)CC4)cnn3c2)cn1. The van der Waals surface area contributed by atoms with Crippen LogP contribution in [0.1, 0.15) is 0 Å². The smallest absolute Gasteiger partial charge is 0.179 e. The Kier molecular flexibility index (Phi) is 3.15. The van der Waals surface area contributed by atoms with Gasteiger partial charge in [-0.1, -0.05) is 6.07 Å². The van der Waals surface area contributed by atoms with Crippen molar-refractivity contribution < 1.29 is 0 Å². The van der Waals surface area contributed by atoms with Crippen molar-refractivity contribution in [3.05, 3.63) is 36.9 Å². The molecule has 4 rings (SSSR count). The van der Waals surface area contributed by atoms with E-state index in [1.54, 1.807) is 9.58 Å². The molecule has 1 saturated heterocycles. The zero-order valence-corrected chi connectivity index (χ0v) is 12.9. The van der Waals surface area contributed by atoms with Gasteiger partial charge in [-0.05, 0) is 6.07 Å². The lowest BCUT2D eigenvalue weighted by Crippen LogP contribution is -2.44. The van der Waals surface area contributed by atoms with Gasteiger partial charge in [0.25, 0.3) is 0 Å². The normalized spacial score (nSPS) is 15.1. The molecule has 1 aliphatic rings. The summed E-state index contributed by atoms with van der Waals surface area (Å²) < 4.78 is 3.71. The van der Waals surface area contributed by atoms with E-state index in [9.17, 15) is 0 Å². The summed E-state index contributed by atoms with van der Waals surface area (Å²) in [4.78, 5) is 4.09. The molecule has 0 N–H and O–H groups in total. The van der Waals surface area contributed by atoms with E-state index in [1.807, 2.05) is 36.4 Å². The monoisotopic (exact) mass is 307 g/mol. The van der Waals surface area contributed by atoms with Crippen LogP contribution in [0.2, 0.25) is 0 Å². The average Bonchev–Trinajstić information content (AvgIpc) is 3.20. The second-order valence-corrected chi connectivity index (χ2v) is 5.75. The van der Waals surface area contributed by atoms with Crippen molar-refractivity contribution in [2.75, 3.05) is 31.1 Å². The van der Waals surface area contributed by atoms with Crippen LogP contribution in [0, 0.1) is 11.5 Å². The van der Waals surface area contributed by atoms with Crippen LogP contribution in [-0.2, 0) is 7.05 Å². The highest BCUT2D eigenvalue weighted by atomic mass is 15.3. The number of aryl methyl sites for hydroxylation is 1. The maximum absolute atomic E-state index is 8.95. The van der Waals surface area contributed by atoms with Gasteiger partial charge in [0.05, 0.1) is 23.6 Å². The van der Waals surface area contributed by atoms with Gasteiger partial charge < -0.3 is 9.80 Å². The summed E-state index contributed by atoms with van der Waals surface area (Å²) in [7, 11) is 1.91. The highest BCUT2D eigenvalue weighted by molar-refractivity contribution is 5.75. The van der Waals surface area contributed by atoms with Crippen molar-refractivity contribution in [2.45, 2.75) is 0 Å².